The fraction of sp³-hybridized carbons (Fsp3) is 0.333. The number of carbonyl (C=O) groups excluding carboxylic acids is 1. The molecule has 9 heteroatoms. The van der Waals surface area contributed by atoms with Gasteiger partial charge in [-0.05, 0) is 90.4 Å². The number of benzene rings is 1. The normalized spacial score (nSPS) is 15.1. The third-order valence-corrected chi connectivity index (χ3v) is 10.4. The first kappa shape index (κ1) is 18.4. The number of rotatable bonds is 2. The zero-order valence-corrected chi connectivity index (χ0v) is 19.1. The van der Waals surface area contributed by atoms with Gasteiger partial charge in [0.05, 0.1) is 24.3 Å². The molecule has 1 aliphatic heterocycles. The van der Waals surface area contributed by atoms with Crippen molar-refractivity contribution in [2.75, 3.05) is 26.3 Å². The Balaban J connectivity index is 2.61. The van der Waals surface area contributed by atoms with Crippen LogP contribution in [-0.4, -0.2) is 48.2 Å². The Morgan fingerprint density at radius 2 is 1.38 bits per heavy atom. The van der Waals surface area contributed by atoms with E-state index in [9.17, 15) is 14.7 Å². The van der Waals surface area contributed by atoms with Crippen LogP contribution in [0.3, 0.4) is 0 Å². The molecule has 1 aliphatic rings. The summed E-state index contributed by atoms with van der Waals surface area (Å²) in [5, 5.41) is 9.52. The van der Waals surface area contributed by atoms with Crippen LogP contribution in [0, 0.1) is 14.3 Å². The highest BCUT2D eigenvalue weighted by Gasteiger charge is 2.30. The summed E-state index contributed by atoms with van der Waals surface area (Å²) < 4.78 is 8.34. The van der Waals surface area contributed by atoms with Crippen LogP contribution in [0.5, 0.6) is 0 Å². The second-order valence-electron chi connectivity index (χ2n) is 4.22. The highest BCUT2D eigenvalue weighted by molar-refractivity contribution is 14.1. The van der Waals surface area contributed by atoms with Crippen molar-refractivity contribution < 1.29 is 19.4 Å². The van der Waals surface area contributed by atoms with Gasteiger partial charge in [-0.3, -0.25) is 4.79 Å². The minimum Gasteiger partial charge on any atom is -0.478 e. The molecule has 0 aliphatic carbocycles. The fourth-order valence-corrected chi connectivity index (χ4v) is 5.61. The fourth-order valence-electron chi connectivity index (χ4n) is 1.96. The van der Waals surface area contributed by atoms with Gasteiger partial charge in [-0.15, -0.1) is 0 Å². The van der Waals surface area contributed by atoms with E-state index < -0.39 is 5.97 Å². The van der Waals surface area contributed by atoms with E-state index in [-0.39, 0.29) is 11.5 Å². The zero-order valence-electron chi connectivity index (χ0n) is 10.5. The Bertz CT molecular complexity index is 614. The maximum Gasteiger partial charge on any atom is 0.337 e. The van der Waals surface area contributed by atoms with Crippen LogP contribution in [0.15, 0.2) is 0 Å². The number of hydrogen-bond donors (Lipinski definition) is 1. The lowest BCUT2D eigenvalue weighted by atomic mass is 10.1. The first-order valence-electron chi connectivity index (χ1n) is 5.82. The minimum absolute atomic E-state index is 0.0984. The number of amides is 1. The Morgan fingerprint density at radius 3 is 1.86 bits per heavy atom. The largest absolute Gasteiger partial charge is 0.478 e. The van der Waals surface area contributed by atoms with E-state index in [1.807, 2.05) is 22.6 Å². The Labute approximate surface area is 176 Å². The van der Waals surface area contributed by atoms with Gasteiger partial charge < -0.3 is 14.7 Å². The van der Waals surface area contributed by atoms with Crippen molar-refractivity contribution in [2.24, 2.45) is 0 Å². The summed E-state index contributed by atoms with van der Waals surface area (Å²) in [7, 11) is 0. The molecule has 1 saturated heterocycles. The van der Waals surface area contributed by atoms with Crippen LogP contribution in [0.2, 0.25) is 0 Å². The number of ether oxygens (including phenoxy) is 1. The molecule has 0 spiro atoms. The standard InChI is InChI=1S/C12H9I4NO4/c13-7-5(11(18)17-1-3-21-4-2-17)6(12(19)20)8(14)10(16)9(7)15/h1-4H2,(H,19,20). The van der Waals surface area contributed by atoms with Gasteiger partial charge in [0.2, 0.25) is 0 Å². The van der Waals surface area contributed by atoms with Crippen molar-refractivity contribution in [1.82, 2.24) is 4.90 Å². The summed E-state index contributed by atoms with van der Waals surface area (Å²) >= 11 is 8.34. The van der Waals surface area contributed by atoms with Crippen molar-refractivity contribution in [1.29, 1.82) is 0 Å². The molecule has 0 radical (unpaired) electrons. The Hall–Kier alpha value is 1.04. The van der Waals surface area contributed by atoms with Gasteiger partial charge in [0.1, 0.15) is 0 Å². The predicted octanol–water partition coefficient (Wildman–Crippen LogP) is 3.28. The minimum atomic E-state index is -1.07. The molecule has 0 aromatic heterocycles. The summed E-state index contributed by atoms with van der Waals surface area (Å²) in [4.78, 5) is 26.1. The van der Waals surface area contributed by atoms with Crippen LogP contribution >= 0.6 is 90.4 Å². The van der Waals surface area contributed by atoms with Gasteiger partial charge in [0, 0.05) is 27.4 Å². The number of halogens is 4. The number of carboxylic acid groups (broad SMARTS) is 1. The number of aromatic carboxylic acids is 1. The highest BCUT2D eigenvalue weighted by atomic mass is 127. The maximum atomic E-state index is 12.8. The molecule has 21 heavy (non-hydrogen) atoms. The number of nitrogens with zero attached hydrogens (tertiary/aromatic N) is 1. The zero-order chi connectivity index (χ0) is 15.7. The Morgan fingerprint density at radius 1 is 0.905 bits per heavy atom. The van der Waals surface area contributed by atoms with E-state index >= 15 is 0 Å². The molecule has 1 amide bonds. The third-order valence-electron chi connectivity index (χ3n) is 2.99. The summed E-state index contributed by atoms with van der Waals surface area (Å²) in [5.74, 6) is -1.30. The third kappa shape index (κ3) is 3.76. The molecule has 1 N–H and O–H groups in total. The van der Waals surface area contributed by atoms with Gasteiger partial charge >= 0.3 is 5.97 Å². The van der Waals surface area contributed by atoms with Crippen LogP contribution in [0.1, 0.15) is 20.7 Å². The van der Waals surface area contributed by atoms with Gasteiger partial charge in [0.25, 0.3) is 5.91 Å². The molecule has 1 aromatic carbocycles. The molecule has 0 saturated carbocycles. The quantitative estimate of drug-likeness (QED) is 0.288. The van der Waals surface area contributed by atoms with Gasteiger partial charge in [-0.1, -0.05) is 0 Å². The predicted molar refractivity (Wildman–Crippen MR) is 111 cm³/mol. The molecular weight excluding hydrogens is 730 g/mol. The summed E-state index contributed by atoms with van der Waals surface area (Å²) in [6.07, 6.45) is 0. The van der Waals surface area contributed by atoms with Gasteiger partial charge in [-0.2, -0.15) is 0 Å². The van der Waals surface area contributed by atoms with Crippen molar-refractivity contribution >= 4 is 102 Å². The van der Waals surface area contributed by atoms with E-state index in [1.54, 1.807) is 4.90 Å². The maximum absolute atomic E-state index is 12.8. The van der Waals surface area contributed by atoms with E-state index in [4.69, 9.17) is 4.74 Å². The number of carbonyl (C=O) groups is 2. The van der Waals surface area contributed by atoms with Crippen LogP contribution in [-0.2, 0) is 4.74 Å². The molecule has 0 unspecified atom stereocenters. The monoisotopic (exact) mass is 739 g/mol. The van der Waals surface area contributed by atoms with Crippen LogP contribution < -0.4 is 0 Å². The number of hydrogen-bond acceptors (Lipinski definition) is 3. The van der Waals surface area contributed by atoms with E-state index in [0.717, 1.165) is 7.14 Å². The number of carboxylic acids is 1. The van der Waals surface area contributed by atoms with Crippen LogP contribution in [0.4, 0.5) is 0 Å². The lowest BCUT2D eigenvalue weighted by Gasteiger charge is -2.28. The first-order valence-corrected chi connectivity index (χ1v) is 10.1. The first-order chi connectivity index (χ1) is 9.86. The average Bonchev–Trinajstić information content (AvgIpc) is 2.48. The molecule has 1 heterocycles. The molecule has 1 fully saturated rings. The van der Waals surface area contributed by atoms with Crippen molar-refractivity contribution in [3.05, 3.63) is 25.4 Å². The van der Waals surface area contributed by atoms with Crippen molar-refractivity contribution in [2.45, 2.75) is 0 Å². The lowest BCUT2D eigenvalue weighted by molar-refractivity contribution is 0.0299. The Kier molecular flexibility index (Phi) is 6.77. The molecule has 5 nitrogen and oxygen atoms in total. The average molecular weight is 739 g/mol. The summed E-state index contributed by atoms with van der Waals surface area (Å²) in [5.41, 5.74) is 0.389. The molecule has 0 atom stereocenters. The van der Waals surface area contributed by atoms with Crippen molar-refractivity contribution in [3.63, 3.8) is 0 Å². The second-order valence-corrected chi connectivity index (χ2v) is 8.53. The highest BCUT2D eigenvalue weighted by Crippen LogP contribution is 2.33. The van der Waals surface area contributed by atoms with E-state index in [0.29, 0.717) is 39.0 Å². The molecule has 114 valence electrons. The summed E-state index contributed by atoms with van der Waals surface area (Å²) in [6, 6.07) is 0. The second kappa shape index (κ2) is 7.74. The van der Waals surface area contributed by atoms with Gasteiger partial charge in [0.15, 0.2) is 0 Å². The van der Waals surface area contributed by atoms with Crippen LogP contribution in [0.25, 0.3) is 0 Å². The lowest BCUT2D eigenvalue weighted by Crippen LogP contribution is -2.41. The topological polar surface area (TPSA) is 66.8 Å². The molecule has 1 aromatic rings. The molecular formula is C12H9I4NO4. The summed E-state index contributed by atoms with van der Waals surface area (Å²) in [6.45, 7) is 1.97. The smallest absolute Gasteiger partial charge is 0.337 e. The van der Waals surface area contributed by atoms with E-state index in [2.05, 4.69) is 67.8 Å². The molecule has 0 bridgehead atoms. The van der Waals surface area contributed by atoms with Crippen molar-refractivity contribution in [3.8, 4) is 0 Å². The number of morpholine rings is 1. The SMILES string of the molecule is O=C(O)c1c(I)c(I)c(I)c(I)c1C(=O)N1CCOCC1. The van der Waals surface area contributed by atoms with E-state index in [1.165, 1.54) is 0 Å². The molecule has 2 rings (SSSR count). The van der Waals surface area contributed by atoms with Gasteiger partial charge in [-0.25, -0.2) is 4.79 Å².